The van der Waals surface area contributed by atoms with Crippen LogP contribution in [0.1, 0.15) is 36.3 Å². The molecule has 2 heterocycles. The number of aromatic nitrogens is 3. The van der Waals surface area contributed by atoms with Crippen LogP contribution in [0.2, 0.25) is 0 Å². The summed E-state index contributed by atoms with van der Waals surface area (Å²) in [6.07, 6.45) is -0.141. The van der Waals surface area contributed by atoms with Gasteiger partial charge in [-0.2, -0.15) is 5.10 Å². The molecule has 1 aliphatic rings. The van der Waals surface area contributed by atoms with E-state index in [9.17, 15) is 4.79 Å². The van der Waals surface area contributed by atoms with Gasteiger partial charge in [0.05, 0.1) is 13.2 Å². The molecule has 1 N–H and O–H groups in total. The molecular weight excluding hydrogens is 308 g/mol. The topological polar surface area (TPSA) is 80.3 Å². The minimum absolute atomic E-state index is 0.0664. The van der Waals surface area contributed by atoms with Gasteiger partial charge in [-0.3, -0.25) is 9.89 Å². The number of aromatic amines is 1. The second kappa shape index (κ2) is 7.55. The summed E-state index contributed by atoms with van der Waals surface area (Å²) < 4.78 is 11.2. The highest BCUT2D eigenvalue weighted by atomic mass is 16.5. The highest BCUT2D eigenvalue weighted by Crippen LogP contribution is 2.24. The molecule has 2 atom stereocenters. The number of benzene rings is 1. The Labute approximate surface area is 141 Å². The van der Waals surface area contributed by atoms with Crippen molar-refractivity contribution in [1.29, 1.82) is 0 Å². The fraction of sp³-hybridized carbons (Fsp3) is 0.471. The summed E-state index contributed by atoms with van der Waals surface area (Å²) in [6, 6.07) is 9.51. The molecule has 2 aromatic rings. The number of nitrogens with one attached hydrogen (secondary N) is 1. The lowest BCUT2D eigenvalue weighted by Crippen LogP contribution is -2.45. The van der Waals surface area contributed by atoms with Crippen molar-refractivity contribution in [1.82, 2.24) is 20.1 Å². The van der Waals surface area contributed by atoms with Crippen LogP contribution in [0.3, 0.4) is 0 Å². The van der Waals surface area contributed by atoms with Crippen molar-refractivity contribution in [3.63, 3.8) is 0 Å². The SMILES string of the molecule is CCc1nc([C@@H]2CN(C(=O)[C@@H](OC)c3ccccc3)CCO2)n[nH]1. The summed E-state index contributed by atoms with van der Waals surface area (Å²) in [5.74, 6) is 1.34. The predicted octanol–water partition coefficient (Wildman–Crippen LogP) is 1.65. The minimum Gasteiger partial charge on any atom is -0.367 e. The summed E-state index contributed by atoms with van der Waals surface area (Å²) in [6.45, 7) is 3.42. The quantitative estimate of drug-likeness (QED) is 0.902. The lowest BCUT2D eigenvalue weighted by Gasteiger charge is -2.33. The average Bonchev–Trinajstić information content (AvgIpc) is 3.12. The molecule has 1 aromatic carbocycles. The van der Waals surface area contributed by atoms with Gasteiger partial charge in [-0.25, -0.2) is 4.98 Å². The van der Waals surface area contributed by atoms with Crippen molar-refractivity contribution in [3.05, 3.63) is 47.5 Å². The Morgan fingerprint density at radius 1 is 1.46 bits per heavy atom. The molecule has 1 fully saturated rings. The molecule has 0 spiro atoms. The molecule has 1 aromatic heterocycles. The number of carbonyl (C=O) groups excluding carboxylic acids is 1. The minimum atomic E-state index is -0.608. The summed E-state index contributed by atoms with van der Waals surface area (Å²) >= 11 is 0. The van der Waals surface area contributed by atoms with E-state index in [1.807, 2.05) is 37.3 Å². The maximum Gasteiger partial charge on any atom is 0.256 e. The molecule has 3 rings (SSSR count). The van der Waals surface area contributed by atoms with E-state index in [0.29, 0.717) is 25.5 Å². The number of hydrogen-bond acceptors (Lipinski definition) is 5. The molecule has 7 heteroatoms. The second-order valence-corrected chi connectivity index (χ2v) is 5.66. The summed E-state index contributed by atoms with van der Waals surface area (Å²) in [7, 11) is 1.55. The Kier molecular flexibility index (Phi) is 5.22. The first-order chi connectivity index (χ1) is 11.7. The van der Waals surface area contributed by atoms with Crippen molar-refractivity contribution in [3.8, 4) is 0 Å². The zero-order valence-electron chi connectivity index (χ0n) is 13.9. The second-order valence-electron chi connectivity index (χ2n) is 5.66. The van der Waals surface area contributed by atoms with Crippen LogP contribution >= 0.6 is 0 Å². The van der Waals surface area contributed by atoms with Gasteiger partial charge in [0.1, 0.15) is 11.9 Å². The van der Waals surface area contributed by atoms with E-state index in [1.165, 1.54) is 0 Å². The van der Waals surface area contributed by atoms with Crippen LogP contribution in [0.25, 0.3) is 0 Å². The van der Waals surface area contributed by atoms with Crippen LogP contribution < -0.4 is 0 Å². The Morgan fingerprint density at radius 2 is 2.25 bits per heavy atom. The van der Waals surface area contributed by atoms with E-state index in [4.69, 9.17) is 9.47 Å². The zero-order valence-corrected chi connectivity index (χ0v) is 13.9. The molecule has 1 aliphatic heterocycles. The maximum atomic E-state index is 12.9. The molecule has 0 bridgehead atoms. The van der Waals surface area contributed by atoms with Crippen molar-refractivity contribution < 1.29 is 14.3 Å². The van der Waals surface area contributed by atoms with E-state index in [0.717, 1.165) is 17.8 Å². The first kappa shape index (κ1) is 16.6. The molecule has 24 heavy (non-hydrogen) atoms. The third-order valence-corrected chi connectivity index (χ3v) is 4.11. The molecule has 7 nitrogen and oxygen atoms in total. The molecular formula is C17H22N4O3. The Balaban J connectivity index is 1.72. The van der Waals surface area contributed by atoms with E-state index < -0.39 is 6.10 Å². The van der Waals surface area contributed by atoms with Gasteiger partial charge in [-0.15, -0.1) is 0 Å². The highest BCUT2D eigenvalue weighted by Gasteiger charge is 2.32. The van der Waals surface area contributed by atoms with Crippen molar-refractivity contribution in [2.45, 2.75) is 25.6 Å². The first-order valence-electron chi connectivity index (χ1n) is 8.12. The number of carbonyl (C=O) groups is 1. The van der Waals surface area contributed by atoms with Gasteiger partial charge < -0.3 is 14.4 Å². The van der Waals surface area contributed by atoms with Crippen LogP contribution in [0, 0.1) is 0 Å². The number of aryl methyl sites for hydroxylation is 1. The molecule has 0 aliphatic carbocycles. The van der Waals surface area contributed by atoms with E-state index in [1.54, 1.807) is 12.0 Å². The van der Waals surface area contributed by atoms with Gasteiger partial charge in [-0.1, -0.05) is 37.3 Å². The summed E-state index contributed by atoms with van der Waals surface area (Å²) in [4.78, 5) is 19.0. The van der Waals surface area contributed by atoms with Crippen molar-refractivity contribution in [2.75, 3.05) is 26.8 Å². The number of ether oxygens (including phenoxy) is 2. The largest absolute Gasteiger partial charge is 0.367 e. The predicted molar refractivity (Wildman–Crippen MR) is 87.2 cm³/mol. The zero-order chi connectivity index (χ0) is 16.9. The number of morpholine rings is 1. The Bertz CT molecular complexity index is 673. The Morgan fingerprint density at radius 3 is 2.92 bits per heavy atom. The molecule has 0 radical (unpaired) electrons. The standard InChI is InChI=1S/C17H22N4O3/c1-3-14-18-16(20-19-14)13-11-21(9-10-24-13)17(22)15(23-2)12-7-5-4-6-8-12/h4-8,13,15H,3,9-11H2,1-2H3,(H,18,19,20)/t13-,15-/m0/s1. The molecule has 1 saturated heterocycles. The number of rotatable bonds is 5. The number of methoxy groups -OCH3 is 1. The third kappa shape index (κ3) is 3.47. The number of hydrogen-bond donors (Lipinski definition) is 1. The molecule has 128 valence electrons. The average molecular weight is 330 g/mol. The van der Waals surface area contributed by atoms with Crippen LogP contribution in [0.4, 0.5) is 0 Å². The Hall–Kier alpha value is -2.25. The number of H-pyrrole nitrogens is 1. The summed E-state index contributed by atoms with van der Waals surface area (Å²) in [5.41, 5.74) is 0.846. The van der Waals surface area contributed by atoms with Gasteiger partial charge >= 0.3 is 0 Å². The fourth-order valence-electron chi connectivity index (χ4n) is 2.79. The van der Waals surface area contributed by atoms with Gasteiger partial charge in [0.25, 0.3) is 5.91 Å². The van der Waals surface area contributed by atoms with Gasteiger partial charge in [0.2, 0.25) is 0 Å². The van der Waals surface area contributed by atoms with Gasteiger partial charge in [0, 0.05) is 20.1 Å². The number of amides is 1. The maximum absolute atomic E-state index is 12.9. The van der Waals surface area contributed by atoms with Crippen LogP contribution in [-0.2, 0) is 20.7 Å². The highest BCUT2D eigenvalue weighted by molar-refractivity contribution is 5.82. The molecule has 0 saturated carbocycles. The van der Waals surface area contributed by atoms with Gasteiger partial charge in [-0.05, 0) is 5.56 Å². The van der Waals surface area contributed by atoms with Gasteiger partial charge in [0.15, 0.2) is 11.9 Å². The van der Waals surface area contributed by atoms with Crippen LogP contribution in [-0.4, -0.2) is 52.8 Å². The third-order valence-electron chi connectivity index (χ3n) is 4.11. The number of nitrogens with zero attached hydrogens (tertiary/aromatic N) is 3. The smallest absolute Gasteiger partial charge is 0.256 e. The fourth-order valence-corrected chi connectivity index (χ4v) is 2.79. The van der Waals surface area contributed by atoms with Crippen LogP contribution in [0.5, 0.6) is 0 Å². The molecule has 0 unspecified atom stereocenters. The van der Waals surface area contributed by atoms with E-state index >= 15 is 0 Å². The van der Waals surface area contributed by atoms with E-state index in [-0.39, 0.29) is 12.0 Å². The normalized spacial score (nSPS) is 19.2. The lowest BCUT2D eigenvalue weighted by molar-refractivity contribution is -0.150. The lowest BCUT2D eigenvalue weighted by atomic mass is 10.1. The molecule has 1 amide bonds. The van der Waals surface area contributed by atoms with Crippen molar-refractivity contribution >= 4 is 5.91 Å². The first-order valence-corrected chi connectivity index (χ1v) is 8.12. The monoisotopic (exact) mass is 330 g/mol. The van der Waals surface area contributed by atoms with E-state index in [2.05, 4.69) is 15.2 Å². The van der Waals surface area contributed by atoms with Crippen LogP contribution in [0.15, 0.2) is 30.3 Å². The summed E-state index contributed by atoms with van der Waals surface area (Å²) in [5, 5.41) is 7.08. The van der Waals surface area contributed by atoms with Crippen molar-refractivity contribution in [2.24, 2.45) is 0 Å².